The molecule has 4 aromatic carbocycles. The lowest BCUT2D eigenvalue weighted by Crippen LogP contribution is -2.31. The first-order valence-corrected chi connectivity index (χ1v) is 12.7. The van der Waals surface area contributed by atoms with Gasteiger partial charge in [-0.25, -0.2) is 4.99 Å². The van der Waals surface area contributed by atoms with Crippen LogP contribution in [0.3, 0.4) is 0 Å². The third-order valence-corrected chi connectivity index (χ3v) is 6.77. The average molecular weight is 491 g/mol. The third-order valence-electron chi connectivity index (χ3n) is 5.76. The Morgan fingerprint density at radius 1 is 0.750 bits per heavy atom. The summed E-state index contributed by atoms with van der Waals surface area (Å²) in [4.78, 5) is 20.6. The van der Waals surface area contributed by atoms with Crippen LogP contribution in [-0.2, 0) is 17.8 Å². The Kier molecular flexibility index (Phi) is 7.59. The van der Waals surface area contributed by atoms with Crippen molar-refractivity contribution in [3.8, 4) is 5.75 Å². The van der Waals surface area contributed by atoms with Gasteiger partial charge in [-0.05, 0) is 65.2 Å². The summed E-state index contributed by atoms with van der Waals surface area (Å²) in [5.74, 6) is 0.775. The van der Waals surface area contributed by atoms with E-state index < -0.39 is 0 Å². The van der Waals surface area contributed by atoms with Crippen molar-refractivity contribution in [2.45, 2.75) is 13.0 Å². The number of carbonyl (C=O) groups excluding carboxylic acids is 1. The maximum atomic E-state index is 13.4. The first-order valence-electron chi connectivity index (χ1n) is 11.9. The van der Waals surface area contributed by atoms with E-state index in [-0.39, 0.29) is 5.91 Å². The smallest absolute Gasteiger partial charge is 0.266 e. The van der Waals surface area contributed by atoms with E-state index in [1.807, 2.05) is 109 Å². The summed E-state index contributed by atoms with van der Waals surface area (Å²) >= 11 is 1.42. The second kappa shape index (κ2) is 11.6. The fraction of sp³-hybridized carbons (Fsp3) is 0.0968. The van der Waals surface area contributed by atoms with Gasteiger partial charge in [0, 0.05) is 6.54 Å². The van der Waals surface area contributed by atoms with Crippen LogP contribution in [0.15, 0.2) is 125 Å². The van der Waals surface area contributed by atoms with Crippen LogP contribution in [0.5, 0.6) is 5.75 Å². The van der Waals surface area contributed by atoms with Gasteiger partial charge in [-0.15, -0.1) is 0 Å². The topological polar surface area (TPSA) is 41.9 Å². The van der Waals surface area contributed by atoms with Crippen LogP contribution in [0.25, 0.3) is 6.08 Å². The summed E-state index contributed by atoms with van der Waals surface area (Å²) in [5, 5.41) is 0.705. The Hall–Kier alpha value is -4.09. The highest BCUT2D eigenvalue weighted by Gasteiger charge is 2.33. The molecule has 0 aromatic heterocycles. The number of hydrogen-bond donors (Lipinski definition) is 0. The normalized spacial score (nSPS) is 15.6. The van der Waals surface area contributed by atoms with Gasteiger partial charge in [0.05, 0.1) is 10.6 Å². The molecule has 0 aliphatic carbocycles. The molecule has 0 atom stereocenters. The molecule has 1 fully saturated rings. The summed E-state index contributed by atoms with van der Waals surface area (Å²) in [6.07, 6.45) is 2.69. The van der Waals surface area contributed by atoms with Crippen molar-refractivity contribution in [3.05, 3.63) is 137 Å². The molecule has 36 heavy (non-hydrogen) atoms. The van der Waals surface area contributed by atoms with Crippen molar-refractivity contribution < 1.29 is 9.53 Å². The molecule has 5 heteroatoms. The maximum Gasteiger partial charge on any atom is 0.266 e. The molecular formula is C31H26N2O2S. The number of amidine groups is 1. The molecule has 1 amide bonds. The molecule has 178 valence electrons. The Balaban J connectivity index is 1.32. The fourth-order valence-electron chi connectivity index (χ4n) is 3.84. The SMILES string of the molecule is O=C1/C(=C\c2ccc(OCc3ccccc3)cc2)SC(=Nc2ccccc2)N1CCc1ccccc1. The van der Waals surface area contributed by atoms with Gasteiger partial charge in [0.15, 0.2) is 5.17 Å². The molecule has 1 saturated heterocycles. The van der Waals surface area contributed by atoms with E-state index >= 15 is 0 Å². The number of thioether (sulfide) groups is 1. The summed E-state index contributed by atoms with van der Waals surface area (Å²) in [7, 11) is 0. The number of carbonyl (C=O) groups is 1. The van der Waals surface area contributed by atoms with Crippen LogP contribution < -0.4 is 4.74 Å². The van der Waals surface area contributed by atoms with Crippen molar-refractivity contribution in [2.75, 3.05) is 6.54 Å². The zero-order chi connectivity index (χ0) is 24.6. The monoisotopic (exact) mass is 490 g/mol. The van der Waals surface area contributed by atoms with E-state index in [9.17, 15) is 4.79 Å². The summed E-state index contributed by atoms with van der Waals surface area (Å²) < 4.78 is 5.89. The van der Waals surface area contributed by atoms with Crippen LogP contribution in [-0.4, -0.2) is 22.5 Å². The summed E-state index contributed by atoms with van der Waals surface area (Å²) in [6, 6.07) is 37.9. The van der Waals surface area contributed by atoms with Crippen molar-refractivity contribution in [1.29, 1.82) is 0 Å². The molecule has 0 radical (unpaired) electrons. The van der Waals surface area contributed by atoms with Crippen LogP contribution >= 0.6 is 11.8 Å². The van der Waals surface area contributed by atoms with Crippen LogP contribution in [0.4, 0.5) is 5.69 Å². The van der Waals surface area contributed by atoms with Crippen LogP contribution in [0.2, 0.25) is 0 Å². The Bertz CT molecular complexity index is 1350. The molecule has 5 rings (SSSR count). The van der Waals surface area contributed by atoms with Crippen molar-refractivity contribution in [2.24, 2.45) is 4.99 Å². The first-order chi connectivity index (χ1) is 17.7. The van der Waals surface area contributed by atoms with E-state index in [1.165, 1.54) is 17.3 Å². The highest BCUT2D eigenvalue weighted by molar-refractivity contribution is 8.18. The highest BCUT2D eigenvalue weighted by Crippen LogP contribution is 2.34. The lowest BCUT2D eigenvalue weighted by atomic mass is 10.1. The average Bonchev–Trinajstić information content (AvgIpc) is 3.22. The first kappa shape index (κ1) is 23.6. The number of amides is 1. The van der Waals surface area contributed by atoms with Gasteiger partial charge >= 0.3 is 0 Å². The lowest BCUT2D eigenvalue weighted by Gasteiger charge is -2.15. The van der Waals surface area contributed by atoms with E-state index in [0.717, 1.165) is 29.0 Å². The fourth-order valence-corrected chi connectivity index (χ4v) is 4.86. The number of benzene rings is 4. The van der Waals surface area contributed by atoms with Gasteiger partial charge in [-0.3, -0.25) is 9.69 Å². The summed E-state index contributed by atoms with van der Waals surface area (Å²) in [6.45, 7) is 1.09. The van der Waals surface area contributed by atoms with E-state index in [2.05, 4.69) is 12.1 Å². The van der Waals surface area contributed by atoms with E-state index in [0.29, 0.717) is 23.2 Å². The molecule has 1 aliphatic rings. The second-order valence-electron chi connectivity index (χ2n) is 8.38. The third kappa shape index (κ3) is 6.12. The molecule has 0 bridgehead atoms. The minimum Gasteiger partial charge on any atom is -0.489 e. The van der Waals surface area contributed by atoms with Gasteiger partial charge in [0.2, 0.25) is 0 Å². The molecule has 1 aliphatic heterocycles. The Morgan fingerprint density at radius 3 is 2.03 bits per heavy atom. The minimum atomic E-state index is -0.0185. The van der Waals surface area contributed by atoms with Gasteiger partial charge in [0.1, 0.15) is 12.4 Å². The van der Waals surface area contributed by atoms with Crippen LogP contribution in [0.1, 0.15) is 16.7 Å². The van der Waals surface area contributed by atoms with Gasteiger partial charge in [-0.2, -0.15) is 0 Å². The molecule has 0 N–H and O–H groups in total. The number of nitrogens with zero attached hydrogens (tertiary/aromatic N) is 2. The van der Waals surface area contributed by atoms with Crippen molar-refractivity contribution in [3.63, 3.8) is 0 Å². The zero-order valence-electron chi connectivity index (χ0n) is 19.8. The number of rotatable bonds is 8. The quantitative estimate of drug-likeness (QED) is 0.247. The summed E-state index contributed by atoms with van der Waals surface area (Å²) in [5.41, 5.74) is 4.09. The van der Waals surface area contributed by atoms with E-state index in [1.54, 1.807) is 4.90 Å². The molecule has 0 saturated carbocycles. The largest absolute Gasteiger partial charge is 0.489 e. The number of aliphatic imine (C=N–C) groups is 1. The molecule has 0 spiro atoms. The number of ether oxygens (including phenoxy) is 1. The molecule has 0 unspecified atom stereocenters. The standard InChI is InChI=1S/C31H26N2O2S/c34-30-29(22-25-16-18-28(19-17-25)35-23-26-12-6-2-7-13-26)36-31(32-27-14-8-3-9-15-27)33(30)21-20-24-10-4-1-5-11-24/h1-19,22H,20-21,23H2/b29-22+,32-31?. The highest BCUT2D eigenvalue weighted by atomic mass is 32.2. The number of para-hydroxylation sites is 1. The van der Waals surface area contributed by atoms with Gasteiger partial charge in [0.25, 0.3) is 5.91 Å². The zero-order valence-corrected chi connectivity index (χ0v) is 20.6. The molecule has 4 nitrogen and oxygen atoms in total. The molecule has 4 aromatic rings. The molecular weight excluding hydrogens is 464 g/mol. The second-order valence-corrected chi connectivity index (χ2v) is 9.39. The van der Waals surface area contributed by atoms with Crippen molar-refractivity contribution in [1.82, 2.24) is 4.90 Å². The van der Waals surface area contributed by atoms with E-state index in [4.69, 9.17) is 9.73 Å². The van der Waals surface area contributed by atoms with Crippen molar-refractivity contribution >= 4 is 34.6 Å². The minimum absolute atomic E-state index is 0.0185. The van der Waals surface area contributed by atoms with Gasteiger partial charge in [-0.1, -0.05) is 91.0 Å². The van der Waals surface area contributed by atoms with Crippen LogP contribution in [0, 0.1) is 0 Å². The molecule has 1 heterocycles. The number of hydrogen-bond acceptors (Lipinski definition) is 4. The Morgan fingerprint density at radius 2 is 1.36 bits per heavy atom. The predicted octanol–water partition coefficient (Wildman–Crippen LogP) is 7.11. The maximum absolute atomic E-state index is 13.4. The lowest BCUT2D eigenvalue weighted by molar-refractivity contribution is -0.122. The van der Waals surface area contributed by atoms with Gasteiger partial charge < -0.3 is 4.74 Å². The Labute approximate surface area is 216 Å². The predicted molar refractivity (Wildman–Crippen MR) is 148 cm³/mol.